The van der Waals surface area contributed by atoms with E-state index in [1.165, 1.54) is 0 Å². The van der Waals surface area contributed by atoms with Crippen molar-refractivity contribution in [2.45, 2.75) is 25.4 Å². The number of aliphatic carboxylic acids is 1. The van der Waals surface area contributed by atoms with E-state index in [1.807, 2.05) is 16.5 Å². The Balaban J connectivity index is 2.06. The molecule has 1 atom stereocenters. The maximum absolute atomic E-state index is 10.9. The molecule has 1 aliphatic rings. The van der Waals surface area contributed by atoms with Crippen LogP contribution >= 0.6 is 0 Å². The minimum absolute atomic E-state index is 0.360. The lowest BCUT2D eigenvalue weighted by Gasteiger charge is -2.19. The van der Waals surface area contributed by atoms with E-state index in [-0.39, 0.29) is 6.04 Å². The first kappa shape index (κ1) is 10.1. The summed E-state index contributed by atoms with van der Waals surface area (Å²) in [5.74, 6) is 0.0674. The molecule has 1 aromatic rings. The monoisotopic (exact) mass is 210 g/mol. The van der Waals surface area contributed by atoms with Gasteiger partial charge in [-0.25, -0.2) is 0 Å². The molecule has 0 aliphatic carbocycles. The minimum Gasteiger partial charge on any atom is -0.480 e. The van der Waals surface area contributed by atoms with E-state index in [1.54, 1.807) is 6.33 Å². The molecule has 1 aromatic heterocycles. The first-order chi connectivity index (χ1) is 7.18. The number of likely N-dealkylation sites (tertiary alicyclic amines) is 1. The summed E-state index contributed by atoms with van der Waals surface area (Å²) in [5, 5.41) is 16.7. The van der Waals surface area contributed by atoms with Gasteiger partial charge in [-0.15, -0.1) is 10.2 Å². The third-order valence-corrected chi connectivity index (χ3v) is 2.80. The molecule has 1 unspecified atom stereocenters. The molecule has 2 heterocycles. The van der Waals surface area contributed by atoms with Crippen molar-refractivity contribution in [3.05, 3.63) is 12.2 Å². The third kappa shape index (κ3) is 1.99. The van der Waals surface area contributed by atoms with Gasteiger partial charge in [0.1, 0.15) is 18.2 Å². The topological polar surface area (TPSA) is 71.2 Å². The van der Waals surface area contributed by atoms with Gasteiger partial charge in [-0.1, -0.05) is 0 Å². The van der Waals surface area contributed by atoms with Crippen LogP contribution in [0.1, 0.15) is 18.7 Å². The van der Waals surface area contributed by atoms with Crippen LogP contribution < -0.4 is 0 Å². The molecular weight excluding hydrogens is 196 g/mol. The van der Waals surface area contributed by atoms with Crippen LogP contribution in [0.3, 0.4) is 0 Å². The van der Waals surface area contributed by atoms with Crippen LogP contribution in [-0.2, 0) is 18.4 Å². The molecule has 2 rings (SSSR count). The summed E-state index contributed by atoms with van der Waals surface area (Å²) in [7, 11) is 1.86. The molecule has 15 heavy (non-hydrogen) atoms. The van der Waals surface area contributed by atoms with E-state index in [0.29, 0.717) is 6.54 Å². The maximum atomic E-state index is 10.9. The number of carbonyl (C=O) groups is 1. The minimum atomic E-state index is -0.741. The van der Waals surface area contributed by atoms with Crippen LogP contribution in [0, 0.1) is 0 Å². The van der Waals surface area contributed by atoms with Crippen molar-refractivity contribution in [3.63, 3.8) is 0 Å². The highest BCUT2D eigenvalue weighted by atomic mass is 16.4. The number of carboxylic acids is 1. The van der Waals surface area contributed by atoms with E-state index < -0.39 is 5.97 Å². The van der Waals surface area contributed by atoms with E-state index in [4.69, 9.17) is 5.11 Å². The van der Waals surface area contributed by atoms with Gasteiger partial charge in [0.15, 0.2) is 0 Å². The first-order valence-corrected chi connectivity index (χ1v) is 4.98. The van der Waals surface area contributed by atoms with Crippen molar-refractivity contribution < 1.29 is 9.90 Å². The fourth-order valence-corrected chi connectivity index (χ4v) is 1.93. The molecule has 0 saturated carbocycles. The largest absolute Gasteiger partial charge is 0.480 e. The lowest BCUT2D eigenvalue weighted by atomic mass is 10.2. The normalized spacial score (nSPS) is 22.1. The Labute approximate surface area is 87.5 Å². The molecular formula is C9H14N4O2. The van der Waals surface area contributed by atoms with Gasteiger partial charge in [0, 0.05) is 7.05 Å². The quantitative estimate of drug-likeness (QED) is 0.752. The Hall–Kier alpha value is -1.43. The van der Waals surface area contributed by atoms with E-state index in [9.17, 15) is 4.79 Å². The highest BCUT2D eigenvalue weighted by Gasteiger charge is 2.30. The molecule has 82 valence electrons. The second-order valence-electron chi connectivity index (χ2n) is 3.82. The SMILES string of the molecule is Cn1cnnc1CN1CCCC1C(=O)O. The zero-order valence-corrected chi connectivity index (χ0v) is 8.63. The number of hydrogen-bond donors (Lipinski definition) is 1. The van der Waals surface area contributed by atoms with Gasteiger partial charge in [-0.2, -0.15) is 0 Å². The Bertz CT molecular complexity index is 363. The zero-order valence-electron chi connectivity index (χ0n) is 8.63. The number of aromatic nitrogens is 3. The lowest BCUT2D eigenvalue weighted by molar-refractivity contribution is -0.142. The van der Waals surface area contributed by atoms with E-state index >= 15 is 0 Å². The second kappa shape index (κ2) is 3.98. The van der Waals surface area contributed by atoms with Crippen LogP contribution in [0.25, 0.3) is 0 Å². The molecule has 1 saturated heterocycles. The summed E-state index contributed by atoms with van der Waals surface area (Å²) in [4.78, 5) is 12.9. The lowest BCUT2D eigenvalue weighted by Crippen LogP contribution is -2.36. The number of nitrogens with zero attached hydrogens (tertiary/aromatic N) is 4. The van der Waals surface area contributed by atoms with Crippen LogP contribution in [-0.4, -0.2) is 43.3 Å². The average molecular weight is 210 g/mol. The van der Waals surface area contributed by atoms with Crippen LogP contribution in [0.2, 0.25) is 0 Å². The number of rotatable bonds is 3. The fraction of sp³-hybridized carbons (Fsp3) is 0.667. The number of carboxylic acid groups (broad SMARTS) is 1. The number of hydrogen-bond acceptors (Lipinski definition) is 4. The van der Waals surface area contributed by atoms with Crippen LogP contribution in [0.4, 0.5) is 0 Å². The van der Waals surface area contributed by atoms with Gasteiger partial charge in [0.05, 0.1) is 6.54 Å². The molecule has 0 aromatic carbocycles. The van der Waals surface area contributed by atoms with Gasteiger partial charge < -0.3 is 9.67 Å². The number of aryl methyl sites for hydroxylation is 1. The molecule has 0 bridgehead atoms. The van der Waals surface area contributed by atoms with Crippen molar-refractivity contribution in [2.24, 2.45) is 7.05 Å². The summed E-state index contributed by atoms with van der Waals surface area (Å²) in [6.45, 7) is 1.39. The summed E-state index contributed by atoms with van der Waals surface area (Å²) >= 11 is 0. The van der Waals surface area contributed by atoms with E-state index in [0.717, 1.165) is 25.2 Å². The summed E-state index contributed by atoms with van der Waals surface area (Å²) in [6, 6.07) is -0.360. The standard InChI is InChI=1S/C9H14N4O2/c1-12-6-10-11-8(12)5-13-4-2-3-7(13)9(14)15/h6-7H,2-5H2,1H3,(H,14,15). The molecule has 6 nitrogen and oxygen atoms in total. The zero-order chi connectivity index (χ0) is 10.8. The summed E-state index contributed by atoms with van der Waals surface area (Å²) in [6.07, 6.45) is 3.29. The van der Waals surface area contributed by atoms with Crippen molar-refractivity contribution in [1.29, 1.82) is 0 Å². The van der Waals surface area contributed by atoms with Crippen molar-refractivity contribution in [2.75, 3.05) is 6.54 Å². The van der Waals surface area contributed by atoms with Gasteiger partial charge in [0.2, 0.25) is 0 Å². The molecule has 0 spiro atoms. The van der Waals surface area contributed by atoms with Crippen molar-refractivity contribution in [3.8, 4) is 0 Å². The smallest absolute Gasteiger partial charge is 0.320 e. The molecule has 6 heteroatoms. The van der Waals surface area contributed by atoms with Crippen molar-refractivity contribution >= 4 is 5.97 Å². The molecule has 0 amide bonds. The Morgan fingerprint density at radius 1 is 1.73 bits per heavy atom. The van der Waals surface area contributed by atoms with Crippen molar-refractivity contribution in [1.82, 2.24) is 19.7 Å². The summed E-state index contributed by atoms with van der Waals surface area (Å²) < 4.78 is 1.82. The van der Waals surface area contributed by atoms with Gasteiger partial charge in [-0.05, 0) is 19.4 Å². The molecule has 1 aliphatic heterocycles. The van der Waals surface area contributed by atoms with Gasteiger partial charge in [0.25, 0.3) is 0 Å². The Kier molecular flexibility index (Phi) is 2.68. The highest BCUT2D eigenvalue weighted by Crippen LogP contribution is 2.19. The van der Waals surface area contributed by atoms with Gasteiger partial charge in [-0.3, -0.25) is 9.69 Å². The average Bonchev–Trinajstić information content (AvgIpc) is 2.77. The first-order valence-electron chi connectivity index (χ1n) is 4.98. The predicted octanol–water partition coefficient (Wildman–Crippen LogP) is -0.136. The summed E-state index contributed by atoms with van der Waals surface area (Å²) in [5.41, 5.74) is 0. The maximum Gasteiger partial charge on any atom is 0.320 e. The molecule has 0 radical (unpaired) electrons. The van der Waals surface area contributed by atoms with Crippen LogP contribution in [0.5, 0.6) is 0 Å². The Morgan fingerprint density at radius 3 is 3.13 bits per heavy atom. The third-order valence-electron chi connectivity index (χ3n) is 2.80. The fourth-order valence-electron chi connectivity index (χ4n) is 1.93. The Morgan fingerprint density at radius 2 is 2.53 bits per heavy atom. The van der Waals surface area contributed by atoms with Crippen LogP contribution in [0.15, 0.2) is 6.33 Å². The van der Waals surface area contributed by atoms with Gasteiger partial charge >= 0.3 is 5.97 Å². The highest BCUT2D eigenvalue weighted by molar-refractivity contribution is 5.73. The second-order valence-corrected chi connectivity index (χ2v) is 3.82. The molecule has 1 fully saturated rings. The predicted molar refractivity (Wildman–Crippen MR) is 52.1 cm³/mol. The molecule has 1 N–H and O–H groups in total. The van der Waals surface area contributed by atoms with E-state index in [2.05, 4.69) is 10.2 Å².